The number of hydrogen-bond acceptors (Lipinski definition) is 6. The molecule has 0 radical (unpaired) electrons. The SMILES string of the molecule is COC(=O)[C@H]1C[C@@H]2O[C@@]1(O[Si](c1ccccc1)(c1ccccc1)C(C)(C)C)C(Br)=C2N1CCC[C@H]1C(C)(C)OC. The Morgan fingerprint density at radius 1 is 1.00 bits per heavy atom. The third kappa shape index (κ3) is 4.51. The van der Waals surface area contributed by atoms with E-state index in [1.54, 1.807) is 7.11 Å². The van der Waals surface area contributed by atoms with Crippen LogP contribution in [0.1, 0.15) is 53.9 Å². The molecule has 0 N–H and O–H groups in total. The van der Waals surface area contributed by atoms with Gasteiger partial charge in [-0.25, -0.2) is 0 Å². The minimum absolute atomic E-state index is 0.185. The van der Waals surface area contributed by atoms with Crippen molar-refractivity contribution in [3.05, 3.63) is 70.8 Å². The van der Waals surface area contributed by atoms with Crippen LogP contribution >= 0.6 is 15.9 Å². The largest absolute Gasteiger partial charge is 0.469 e. The van der Waals surface area contributed by atoms with Crippen LogP contribution in [0.25, 0.3) is 0 Å². The summed E-state index contributed by atoms with van der Waals surface area (Å²) in [4.78, 5) is 15.9. The van der Waals surface area contributed by atoms with Gasteiger partial charge in [0.15, 0.2) is 0 Å². The lowest BCUT2D eigenvalue weighted by Gasteiger charge is -2.48. The molecule has 8 heteroatoms. The summed E-state index contributed by atoms with van der Waals surface area (Å²) in [7, 11) is 0.128. The van der Waals surface area contributed by atoms with Crippen LogP contribution < -0.4 is 10.4 Å². The maximum Gasteiger partial charge on any atom is 0.314 e. The number of carbonyl (C=O) groups is 1. The Bertz CT molecular complexity index is 1220. The summed E-state index contributed by atoms with van der Waals surface area (Å²) in [5.74, 6) is -2.21. The Hall–Kier alpha value is -1.97. The zero-order chi connectivity index (χ0) is 28.9. The lowest BCUT2D eigenvalue weighted by atomic mass is 9.88. The number of rotatable bonds is 8. The van der Waals surface area contributed by atoms with Gasteiger partial charge in [0.25, 0.3) is 8.32 Å². The molecule has 40 heavy (non-hydrogen) atoms. The van der Waals surface area contributed by atoms with E-state index in [1.165, 1.54) is 7.11 Å². The fraction of sp³-hybridized carbons (Fsp3) is 0.531. The molecule has 6 nitrogen and oxygen atoms in total. The highest BCUT2D eigenvalue weighted by molar-refractivity contribution is 9.11. The molecule has 0 aromatic heterocycles. The van der Waals surface area contributed by atoms with E-state index >= 15 is 0 Å². The molecule has 5 rings (SSSR count). The first-order chi connectivity index (χ1) is 18.9. The molecule has 4 atom stereocenters. The number of benzene rings is 2. The summed E-state index contributed by atoms with van der Waals surface area (Å²) < 4.78 is 26.7. The van der Waals surface area contributed by atoms with Gasteiger partial charge in [-0.15, -0.1) is 0 Å². The summed E-state index contributed by atoms with van der Waals surface area (Å²) >= 11 is 4.01. The number of halogens is 1. The lowest BCUT2D eigenvalue weighted by Crippen LogP contribution is -2.70. The number of esters is 1. The topological polar surface area (TPSA) is 57.2 Å². The van der Waals surface area contributed by atoms with Crippen LogP contribution in [0.15, 0.2) is 70.8 Å². The first-order valence-electron chi connectivity index (χ1n) is 14.2. The number of methoxy groups -OCH3 is 2. The molecule has 2 saturated heterocycles. The summed E-state index contributed by atoms with van der Waals surface area (Å²) in [6.07, 6.45) is 2.31. The van der Waals surface area contributed by atoms with E-state index in [-0.39, 0.29) is 28.8 Å². The summed E-state index contributed by atoms with van der Waals surface area (Å²) in [6, 6.07) is 21.1. The molecule has 0 saturated carbocycles. The maximum atomic E-state index is 13.4. The lowest BCUT2D eigenvalue weighted by molar-refractivity contribution is -0.173. The molecule has 0 amide bonds. The van der Waals surface area contributed by atoms with E-state index in [1.807, 2.05) is 12.1 Å². The van der Waals surface area contributed by atoms with Crippen LogP contribution in [0.2, 0.25) is 5.04 Å². The maximum absolute atomic E-state index is 13.4. The summed E-state index contributed by atoms with van der Waals surface area (Å²) in [5.41, 5.74) is 0.734. The van der Waals surface area contributed by atoms with Gasteiger partial charge in [-0.05, 0) is 64.5 Å². The van der Waals surface area contributed by atoms with Crippen molar-refractivity contribution in [3.8, 4) is 0 Å². The van der Waals surface area contributed by atoms with Gasteiger partial charge in [0.05, 0.1) is 28.9 Å². The quantitative estimate of drug-likeness (QED) is 0.291. The van der Waals surface area contributed by atoms with E-state index in [2.05, 4.69) is 104 Å². The highest BCUT2D eigenvalue weighted by Gasteiger charge is 2.68. The van der Waals surface area contributed by atoms with Crippen molar-refractivity contribution in [1.29, 1.82) is 0 Å². The molecule has 2 aromatic carbocycles. The van der Waals surface area contributed by atoms with E-state index in [9.17, 15) is 4.79 Å². The van der Waals surface area contributed by atoms with Crippen molar-refractivity contribution in [2.75, 3.05) is 20.8 Å². The minimum Gasteiger partial charge on any atom is -0.469 e. The Morgan fingerprint density at radius 3 is 2.08 bits per heavy atom. The average Bonchev–Trinajstić information content (AvgIpc) is 3.64. The zero-order valence-electron chi connectivity index (χ0n) is 24.7. The van der Waals surface area contributed by atoms with Gasteiger partial charge in [-0.1, -0.05) is 81.4 Å². The molecule has 3 aliphatic heterocycles. The Balaban J connectivity index is 1.73. The summed E-state index contributed by atoms with van der Waals surface area (Å²) in [6.45, 7) is 11.9. The first-order valence-corrected chi connectivity index (χ1v) is 16.9. The van der Waals surface area contributed by atoms with Crippen LogP contribution in [0, 0.1) is 5.92 Å². The van der Waals surface area contributed by atoms with Crippen molar-refractivity contribution >= 4 is 40.6 Å². The van der Waals surface area contributed by atoms with Crippen LogP contribution in [0.4, 0.5) is 0 Å². The van der Waals surface area contributed by atoms with Crippen molar-refractivity contribution < 1.29 is 23.4 Å². The second-order valence-electron chi connectivity index (χ2n) is 12.7. The Kier molecular flexibility index (Phi) is 7.89. The highest BCUT2D eigenvalue weighted by atomic mass is 79.9. The van der Waals surface area contributed by atoms with Crippen LogP contribution in [0.3, 0.4) is 0 Å². The fourth-order valence-electron chi connectivity index (χ4n) is 7.04. The summed E-state index contributed by atoms with van der Waals surface area (Å²) in [5, 5.41) is 1.97. The van der Waals surface area contributed by atoms with Crippen LogP contribution in [-0.2, 0) is 23.4 Å². The van der Waals surface area contributed by atoms with E-state index in [0.29, 0.717) is 6.42 Å². The third-order valence-electron chi connectivity index (χ3n) is 9.16. The van der Waals surface area contributed by atoms with Crippen molar-refractivity contribution in [3.63, 3.8) is 0 Å². The standard InChI is InChI=1S/C32H42BrNO5Si/c1-30(2,3)40(22-15-10-8-11-16-22,23-17-12-9-13-18-23)39-32-24(29(35)36-6)21-25(38-32)27(28(32)33)34-20-14-19-26(34)31(4,5)37-7/h8-13,15-18,24-26H,14,19-21H2,1-7H3/t24-,25+,26+,32+/m1/s1. The number of nitrogens with zero attached hydrogens (tertiary/aromatic N) is 1. The van der Waals surface area contributed by atoms with Crippen molar-refractivity contribution in [2.24, 2.45) is 5.92 Å². The van der Waals surface area contributed by atoms with Crippen molar-refractivity contribution in [2.45, 2.75) is 82.5 Å². The average molecular weight is 629 g/mol. The van der Waals surface area contributed by atoms with Gasteiger partial charge < -0.3 is 23.5 Å². The smallest absolute Gasteiger partial charge is 0.314 e. The predicted molar refractivity (Wildman–Crippen MR) is 163 cm³/mol. The molecule has 3 aliphatic rings. The molecule has 3 heterocycles. The molecule has 2 aromatic rings. The first kappa shape index (κ1) is 29.5. The second kappa shape index (κ2) is 10.7. The highest BCUT2D eigenvalue weighted by Crippen LogP contribution is 2.58. The molecule has 2 fully saturated rings. The van der Waals surface area contributed by atoms with Gasteiger partial charge in [-0.2, -0.15) is 0 Å². The molecule has 216 valence electrons. The molecule has 0 spiro atoms. The number of likely N-dealkylation sites (tertiary alicyclic amines) is 1. The van der Waals surface area contributed by atoms with E-state index in [0.717, 1.165) is 39.9 Å². The Labute approximate surface area is 248 Å². The number of carbonyl (C=O) groups excluding carboxylic acids is 1. The van der Waals surface area contributed by atoms with Gasteiger partial charge in [0.1, 0.15) is 12.0 Å². The van der Waals surface area contributed by atoms with E-state index in [4.69, 9.17) is 18.6 Å². The molecular formula is C32H42BrNO5Si. The molecule has 2 bridgehead atoms. The second-order valence-corrected chi connectivity index (χ2v) is 17.7. The Morgan fingerprint density at radius 2 is 1.57 bits per heavy atom. The van der Waals surface area contributed by atoms with Gasteiger partial charge >= 0.3 is 5.97 Å². The van der Waals surface area contributed by atoms with Crippen LogP contribution in [-0.4, -0.2) is 63.5 Å². The van der Waals surface area contributed by atoms with Gasteiger partial charge in [0.2, 0.25) is 5.79 Å². The molecule has 0 aliphatic carbocycles. The minimum atomic E-state index is -3.09. The third-order valence-corrected chi connectivity index (χ3v) is 15.1. The molecular weight excluding hydrogens is 586 g/mol. The number of fused-ring (bicyclic) bond motifs is 2. The number of hydrogen-bond donors (Lipinski definition) is 0. The molecule has 0 unspecified atom stereocenters. The van der Waals surface area contributed by atoms with Crippen molar-refractivity contribution in [1.82, 2.24) is 4.90 Å². The zero-order valence-corrected chi connectivity index (χ0v) is 27.3. The van der Waals surface area contributed by atoms with Crippen LogP contribution in [0.5, 0.6) is 0 Å². The predicted octanol–water partition coefficient (Wildman–Crippen LogP) is 5.35. The normalized spacial score (nSPS) is 27.0. The van der Waals surface area contributed by atoms with E-state index < -0.39 is 20.0 Å². The number of ether oxygens (including phenoxy) is 3. The monoisotopic (exact) mass is 627 g/mol. The fourth-order valence-corrected chi connectivity index (χ4v) is 12.8. The van der Waals surface area contributed by atoms with Gasteiger partial charge in [0, 0.05) is 13.7 Å². The van der Waals surface area contributed by atoms with Gasteiger partial charge in [-0.3, -0.25) is 4.79 Å².